The van der Waals surface area contributed by atoms with Gasteiger partial charge in [-0.15, -0.1) is 0 Å². The molecule has 0 aromatic heterocycles. The van der Waals surface area contributed by atoms with Gasteiger partial charge in [0.25, 0.3) is 0 Å². The number of benzene rings is 1. The smallest absolute Gasteiger partial charge is 0.161 e. The fourth-order valence-electron chi connectivity index (χ4n) is 3.31. The second-order valence-corrected chi connectivity index (χ2v) is 7.60. The third-order valence-electron chi connectivity index (χ3n) is 4.57. The van der Waals surface area contributed by atoms with Crippen molar-refractivity contribution in [3.8, 4) is 11.5 Å². The molecule has 1 aromatic carbocycles. The highest BCUT2D eigenvalue weighted by molar-refractivity contribution is 5.42. The van der Waals surface area contributed by atoms with E-state index in [1.807, 2.05) is 18.2 Å². The Labute approximate surface area is 163 Å². The van der Waals surface area contributed by atoms with Crippen molar-refractivity contribution in [1.82, 2.24) is 4.90 Å². The molecule has 1 N–H and O–H groups in total. The molecule has 6 heteroatoms. The minimum Gasteiger partial charge on any atom is -0.493 e. The number of ether oxygens (including phenoxy) is 4. The van der Waals surface area contributed by atoms with Gasteiger partial charge in [-0.25, -0.2) is 0 Å². The molecule has 2 atom stereocenters. The molecule has 0 spiro atoms. The lowest BCUT2D eigenvalue weighted by molar-refractivity contribution is -0.00391. The van der Waals surface area contributed by atoms with Crippen molar-refractivity contribution in [2.24, 2.45) is 5.92 Å². The molecule has 1 aromatic rings. The Morgan fingerprint density at radius 2 is 1.96 bits per heavy atom. The number of rotatable bonds is 12. The van der Waals surface area contributed by atoms with E-state index < -0.39 is 6.10 Å². The summed E-state index contributed by atoms with van der Waals surface area (Å²) in [5.74, 6) is 1.90. The summed E-state index contributed by atoms with van der Waals surface area (Å²) in [6, 6.07) is 5.94. The molecule has 1 aliphatic heterocycles. The van der Waals surface area contributed by atoms with Gasteiger partial charge in [0, 0.05) is 32.8 Å². The maximum Gasteiger partial charge on any atom is 0.161 e. The van der Waals surface area contributed by atoms with E-state index in [0.29, 0.717) is 43.7 Å². The highest BCUT2D eigenvalue weighted by Gasteiger charge is 2.22. The number of aliphatic hydroxyl groups excluding tert-OH is 1. The third kappa shape index (κ3) is 7.66. The summed E-state index contributed by atoms with van der Waals surface area (Å²) in [6.07, 6.45) is 1.89. The van der Waals surface area contributed by atoms with E-state index in [1.165, 1.54) is 0 Å². The van der Waals surface area contributed by atoms with Crippen LogP contribution in [0, 0.1) is 5.92 Å². The molecule has 6 nitrogen and oxygen atoms in total. The normalized spacial score (nSPS) is 18.3. The van der Waals surface area contributed by atoms with E-state index in [1.54, 1.807) is 14.2 Å². The Kier molecular flexibility index (Phi) is 9.34. The summed E-state index contributed by atoms with van der Waals surface area (Å²) in [4.78, 5) is 2.24. The molecule has 0 aliphatic carbocycles. The van der Waals surface area contributed by atoms with Gasteiger partial charge in [0.1, 0.15) is 0 Å². The number of hydrogen-bond donors (Lipinski definition) is 1. The lowest BCUT2D eigenvalue weighted by Crippen LogP contribution is -2.39. The predicted molar refractivity (Wildman–Crippen MR) is 105 cm³/mol. The molecule has 154 valence electrons. The van der Waals surface area contributed by atoms with Crippen LogP contribution >= 0.6 is 0 Å². The molecule has 0 saturated carbocycles. The van der Waals surface area contributed by atoms with Gasteiger partial charge in [-0.1, -0.05) is 19.9 Å². The first-order valence-electron chi connectivity index (χ1n) is 9.82. The lowest BCUT2D eigenvalue weighted by atomic mass is 10.1. The summed E-state index contributed by atoms with van der Waals surface area (Å²) in [6.45, 7) is 8.11. The lowest BCUT2D eigenvalue weighted by Gasteiger charge is -2.28. The molecule has 1 heterocycles. The zero-order valence-electron chi connectivity index (χ0n) is 17.1. The highest BCUT2D eigenvalue weighted by Crippen LogP contribution is 2.28. The zero-order chi connectivity index (χ0) is 19.6. The van der Waals surface area contributed by atoms with Crippen molar-refractivity contribution in [3.05, 3.63) is 23.8 Å². The van der Waals surface area contributed by atoms with Gasteiger partial charge in [0.05, 0.1) is 33.0 Å². The minimum atomic E-state index is -0.523. The molecular formula is C21H35NO5. The number of hydrogen-bond acceptors (Lipinski definition) is 6. The highest BCUT2D eigenvalue weighted by atomic mass is 16.5. The average Bonchev–Trinajstić information content (AvgIpc) is 3.14. The third-order valence-corrected chi connectivity index (χ3v) is 4.57. The molecule has 27 heavy (non-hydrogen) atoms. The van der Waals surface area contributed by atoms with Crippen molar-refractivity contribution in [2.45, 2.75) is 45.4 Å². The standard InChI is InChI=1S/C21H35NO5/c1-16(2)14-26-15-18(23)12-22(13-19-6-5-9-27-19)11-17-7-8-20(24-3)21(10-17)25-4/h7-8,10,16,18-19,23H,5-6,9,11-15H2,1-4H3/t18-,19-/m1/s1. The van der Waals surface area contributed by atoms with Gasteiger partial charge in [-0.2, -0.15) is 0 Å². The topological polar surface area (TPSA) is 60.4 Å². The summed E-state index contributed by atoms with van der Waals surface area (Å²) >= 11 is 0. The average molecular weight is 382 g/mol. The van der Waals surface area contributed by atoms with Crippen molar-refractivity contribution in [3.63, 3.8) is 0 Å². The SMILES string of the molecule is COc1ccc(CN(C[C@@H](O)COCC(C)C)C[C@H]2CCCO2)cc1OC. The Balaban J connectivity index is 1.98. The second-order valence-electron chi connectivity index (χ2n) is 7.60. The van der Waals surface area contributed by atoms with Gasteiger partial charge in [-0.05, 0) is 36.5 Å². The fraction of sp³-hybridized carbons (Fsp3) is 0.714. The van der Waals surface area contributed by atoms with Crippen LogP contribution in [0.2, 0.25) is 0 Å². The van der Waals surface area contributed by atoms with Crippen LogP contribution in [0.15, 0.2) is 18.2 Å². The summed E-state index contributed by atoms with van der Waals surface area (Å²) < 4.78 is 22.1. The summed E-state index contributed by atoms with van der Waals surface area (Å²) in [5.41, 5.74) is 1.11. The first-order chi connectivity index (χ1) is 13.0. The number of aliphatic hydroxyl groups is 1. The van der Waals surface area contributed by atoms with E-state index in [2.05, 4.69) is 18.7 Å². The largest absolute Gasteiger partial charge is 0.493 e. The number of nitrogens with zero attached hydrogens (tertiary/aromatic N) is 1. The zero-order valence-corrected chi connectivity index (χ0v) is 17.1. The van der Waals surface area contributed by atoms with E-state index in [4.69, 9.17) is 18.9 Å². The van der Waals surface area contributed by atoms with Crippen molar-refractivity contribution < 1.29 is 24.1 Å². The van der Waals surface area contributed by atoms with Gasteiger partial charge in [0.15, 0.2) is 11.5 Å². The predicted octanol–water partition coefficient (Wildman–Crippen LogP) is 2.72. The molecule has 1 saturated heterocycles. The molecule has 0 amide bonds. The van der Waals surface area contributed by atoms with Crippen LogP contribution in [0.5, 0.6) is 11.5 Å². The Morgan fingerprint density at radius 1 is 1.19 bits per heavy atom. The van der Waals surface area contributed by atoms with Crippen LogP contribution in [0.3, 0.4) is 0 Å². The monoisotopic (exact) mass is 381 g/mol. The van der Waals surface area contributed by atoms with E-state index in [0.717, 1.165) is 31.6 Å². The first kappa shape index (κ1) is 22.0. The van der Waals surface area contributed by atoms with Gasteiger partial charge in [-0.3, -0.25) is 4.90 Å². The van der Waals surface area contributed by atoms with Gasteiger partial charge >= 0.3 is 0 Å². The van der Waals surface area contributed by atoms with E-state index in [-0.39, 0.29) is 6.10 Å². The molecule has 0 bridgehead atoms. The Morgan fingerprint density at radius 3 is 2.59 bits per heavy atom. The van der Waals surface area contributed by atoms with Crippen LogP contribution in [-0.2, 0) is 16.0 Å². The van der Waals surface area contributed by atoms with Crippen LogP contribution in [0.25, 0.3) is 0 Å². The van der Waals surface area contributed by atoms with Gasteiger partial charge in [0.2, 0.25) is 0 Å². The van der Waals surface area contributed by atoms with Crippen LogP contribution in [-0.4, -0.2) is 69.3 Å². The van der Waals surface area contributed by atoms with Crippen LogP contribution in [0.1, 0.15) is 32.3 Å². The Bertz CT molecular complexity index is 545. The summed E-state index contributed by atoms with van der Waals surface area (Å²) in [7, 11) is 3.27. The summed E-state index contributed by atoms with van der Waals surface area (Å²) in [5, 5.41) is 10.4. The molecule has 1 aliphatic rings. The van der Waals surface area contributed by atoms with Gasteiger partial charge < -0.3 is 24.1 Å². The number of methoxy groups -OCH3 is 2. The van der Waals surface area contributed by atoms with Crippen molar-refractivity contribution in [1.29, 1.82) is 0 Å². The van der Waals surface area contributed by atoms with Crippen molar-refractivity contribution >= 4 is 0 Å². The Hall–Kier alpha value is -1.34. The van der Waals surface area contributed by atoms with E-state index >= 15 is 0 Å². The minimum absolute atomic E-state index is 0.230. The van der Waals surface area contributed by atoms with Crippen LogP contribution < -0.4 is 9.47 Å². The molecule has 0 unspecified atom stereocenters. The van der Waals surface area contributed by atoms with Crippen molar-refractivity contribution in [2.75, 3.05) is 47.1 Å². The van der Waals surface area contributed by atoms with E-state index in [9.17, 15) is 5.11 Å². The molecule has 0 radical (unpaired) electrons. The second kappa shape index (κ2) is 11.5. The molecule has 2 rings (SSSR count). The fourth-order valence-corrected chi connectivity index (χ4v) is 3.31. The van der Waals surface area contributed by atoms with Crippen LogP contribution in [0.4, 0.5) is 0 Å². The maximum atomic E-state index is 10.4. The molecule has 1 fully saturated rings. The quantitative estimate of drug-likeness (QED) is 0.601. The maximum absolute atomic E-state index is 10.4. The molecular weight excluding hydrogens is 346 g/mol. The first-order valence-corrected chi connectivity index (χ1v) is 9.82.